The van der Waals surface area contributed by atoms with Crippen LogP contribution in [0, 0.1) is 0 Å². The maximum atomic E-state index is 11.4. The second-order valence-corrected chi connectivity index (χ2v) is 7.40. The zero-order valence-electron chi connectivity index (χ0n) is 11.3. The first-order chi connectivity index (χ1) is 10.7. The highest BCUT2D eigenvalue weighted by atomic mass is 32.2. The second kappa shape index (κ2) is 5.13. The number of H-pyrrole nitrogens is 1. The molecule has 0 fully saturated rings. The van der Waals surface area contributed by atoms with Crippen LogP contribution in [0.15, 0.2) is 52.3 Å². The van der Waals surface area contributed by atoms with Gasteiger partial charge < -0.3 is 14.1 Å². The summed E-state index contributed by atoms with van der Waals surface area (Å²) >= 11 is 0. The number of hydrogen-bond donors (Lipinski definition) is 1. The lowest BCUT2D eigenvalue weighted by Crippen LogP contribution is -2.05. The van der Waals surface area contributed by atoms with Gasteiger partial charge in [-0.25, -0.2) is 21.8 Å². The first-order valence-corrected chi connectivity index (χ1v) is 8.99. The fraction of sp³-hybridized carbons (Fsp3) is 0. The fourth-order valence-corrected chi connectivity index (χ4v) is 3.30. The molecule has 1 aromatic heterocycles. The zero-order valence-corrected chi connectivity index (χ0v) is 12.9. The molecule has 0 saturated carbocycles. The maximum Gasteiger partial charge on any atom is 0.139 e. The number of para-hydroxylation sites is 2. The molecule has 10 heteroatoms. The summed E-state index contributed by atoms with van der Waals surface area (Å²) in [4.78, 5) is 5.60. The summed E-state index contributed by atoms with van der Waals surface area (Å²) in [6.45, 7) is 0. The third kappa shape index (κ3) is 2.97. The van der Waals surface area contributed by atoms with E-state index in [2.05, 4.69) is 9.97 Å². The molecule has 0 unspecified atom stereocenters. The topological polar surface area (TPSA) is 143 Å². The van der Waals surface area contributed by atoms with E-state index in [-0.39, 0.29) is 11.4 Å². The van der Waals surface area contributed by atoms with Gasteiger partial charge in [0, 0.05) is 5.56 Å². The van der Waals surface area contributed by atoms with Crippen molar-refractivity contribution in [1.82, 2.24) is 9.97 Å². The van der Waals surface area contributed by atoms with Gasteiger partial charge in [-0.2, -0.15) is 0 Å². The van der Waals surface area contributed by atoms with Crippen LogP contribution in [0.3, 0.4) is 0 Å². The molecular weight excluding hydrogens is 344 g/mol. The van der Waals surface area contributed by atoms with E-state index >= 15 is 0 Å². The average Bonchev–Trinajstić information content (AvgIpc) is 2.88. The van der Waals surface area contributed by atoms with Crippen LogP contribution in [0.4, 0.5) is 0 Å². The first-order valence-electron chi connectivity index (χ1n) is 6.17. The monoisotopic (exact) mass is 352 g/mol. The molecule has 3 aromatic rings. The van der Waals surface area contributed by atoms with Crippen molar-refractivity contribution >= 4 is 31.3 Å². The van der Waals surface area contributed by atoms with Crippen LogP contribution in [0.2, 0.25) is 0 Å². The van der Waals surface area contributed by atoms with Crippen molar-refractivity contribution in [3.8, 4) is 11.4 Å². The number of nitrogens with zero attached hydrogens (tertiary/aromatic N) is 1. The summed E-state index contributed by atoms with van der Waals surface area (Å²) in [5.74, 6) is -0.0221. The van der Waals surface area contributed by atoms with Crippen LogP contribution in [0.1, 0.15) is 0 Å². The van der Waals surface area contributed by atoms with Gasteiger partial charge in [-0.3, -0.25) is 0 Å². The fourth-order valence-electron chi connectivity index (χ4n) is 2.15. The normalized spacial score (nSPS) is 12.6. The smallest absolute Gasteiger partial charge is 0.139 e. The van der Waals surface area contributed by atoms with E-state index in [1.54, 1.807) is 24.3 Å². The molecule has 0 aliphatic carbocycles. The van der Waals surface area contributed by atoms with Crippen molar-refractivity contribution < 1.29 is 25.9 Å². The molecule has 0 spiro atoms. The second-order valence-electron chi connectivity index (χ2n) is 4.67. The number of aromatic nitrogens is 2. The highest BCUT2D eigenvalue weighted by Gasteiger charge is 2.17. The minimum atomic E-state index is -4.89. The van der Waals surface area contributed by atoms with Crippen LogP contribution in [0.5, 0.6) is 0 Å². The zero-order chi connectivity index (χ0) is 16.8. The quantitative estimate of drug-likeness (QED) is 0.693. The summed E-state index contributed by atoms with van der Waals surface area (Å²) in [5, 5.41) is 0. The Morgan fingerprint density at radius 2 is 1.61 bits per heavy atom. The van der Waals surface area contributed by atoms with Gasteiger partial charge in [-0.05, 0) is 30.3 Å². The largest absolute Gasteiger partial charge is 0.744 e. The number of nitrogens with one attached hydrogen (secondary N) is 1. The first kappa shape index (κ1) is 15.6. The van der Waals surface area contributed by atoms with Gasteiger partial charge in [0.15, 0.2) is 0 Å². The predicted octanol–water partition coefficient (Wildman–Crippen LogP) is 1.04. The Labute approximate surface area is 131 Å². The molecule has 1 N–H and O–H groups in total. The van der Waals surface area contributed by atoms with Gasteiger partial charge in [0.2, 0.25) is 0 Å². The molecule has 8 nitrogen and oxygen atoms in total. The highest BCUT2D eigenvalue weighted by molar-refractivity contribution is 7.86. The van der Waals surface area contributed by atoms with Crippen molar-refractivity contribution in [2.45, 2.75) is 9.79 Å². The summed E-state index contributed by atoms with van der Waals surface area (Å²) in [6, 6.07) is 9.13. The third-order valence-electron chi connectivity index (χ3n) is 3.15. The number of fused-ring (bicyclic) bond motifs is 1. The van der Waals surface area contributed by atoms with Crippen molar-refractivity contribution in [3.05, 3.63) is 42.5 Å². The van der Waals surface area contributed by atoms with Crippen molar-refractivity contribution in [1.29, 1.82) is 0 Å². The number of hydrogen-bond acceptors (Lipinski definition) is 7. The maximum absolute atomic E-state index is 11.4. The molecule has 0 amide bonds. The SMILES string of the molecule is O=S(=O)([O-])c1ccc(S(=O)(=O)[O-])c(-c2nc3ccccc3[nH]2)c1. The van der Waals surface area contributed by atoms with Gasteiger partial charge >= 0.3 is 0 Å². The molecule has 23 heavy (non-hydrogen) atoms. The number of aromatic amines is 1. The van der Waals surface area contributed by atoms with Gasteiger partial charge in [-0.1, -0.05) is 12.1 Å². The number of imidazole rings is 1. The Balaban J connectivity index is 2.34. The van der Waals surface area contributed by atoms with E-state index < -0.39 is 30.0 Å². The van der Waals surface area contributed by atoms with E-state index in [1.165, 1.54) is 0 Å². The summed E-state index contributed by atoms with van der Waals surface area (Å²) < 4.78 is 67.5. The standard InChI is InChI=1S/C13H10N2O6S2/c16-22(17,18)8-5-6-12(23(19,20)21)9(7-8)13-14-10-3-1-2-4-11(10)15-13/h1-7H,(H,14,15)(H,16,17,18)(H,19,20,21)/p-2. The van der Waals surface area contributed by atoms with Crippen LogP contribution in [-0.2, 0) is 20.2 Å². The van der Waals surface area contributed by atoms with Crippen molar-refractivity contribution in [3.63, 3.8) is 0 Å². The molecule has 0 atom stereocenters. The Morgan fingerprint density at radius 3 is 2.22 bits per heavy atom. The van der Waals surface area contributed by atoms with Crippen LogP contribution in [0.25, 0.3) is 22.4 Å². The van der Waals surface area contributed by atoms with Gasteiger partial charge in [0.05, 0.1) is 20.8 Å². The lowest BCUT2D eigenvalue weighted by atomic mass is 10.2. The highest BCUT2D eigenvalue weighted by Crippen LogP contribution is 2.29. The summed E-state index contributed by atoms with van der Waals surface area (Å²) in [7, 11) is -9.70. The average molecular weight is 352 g/mol. The van der Waals surface area contributed by atoms with Gasteiger partial charge in [-0.15, -0.1) is 0 Å². The van der Waals surface area contributed by atoms with Crippen molar-refractivity contribution in [2.24, 2.45) is 0 Å². The van der Waals surface area contributed by atoms with E-state index in [0.29, 0.717) is 11.0 Å². The molecule has 3 rings (SSSR count). The molecule has 2 aromatic carbocycles. The lowest BCUT2D eigenvalue weighted by Gasteiger charge is -2.14. The van der Waals surface area contributed by atoms with Crippen LogP contribution >= 0.6 is 0 Å². The van der Waals surface area contributed by atoms with Crippen LogP contribution in [-0.4, -0.2) is 35.9 Å². The Kier molecular flexibility index (Phi) is 3.48. The molecular formula is C13H8N2O6S2-2. The molecule has 0 aliphatic heterocycles. The van der Waals surface area contributed by atoms with Gasteiger partial charge in [0.25, 0.3) is 0 Å². The Bertz CT molecular complexity index is 1080. The predicted molar refractivity (Wildman–Crippen MR) is 77.5 cm³/mol. The summed E-state index contributed by atoms with van der Waals surface area (Å²) in [5.41, 5.74) is 0.785. The van der Waals surface area contributed by atoms with E-state index in [4.69, 9.17) is 0 Å². The molecule has 120 valence electrons. The van der Waals surface area contributed by atoms with E-state index in [1.807, 2.05) is 0 Å². The third-order valence-corrected chi connectivity index (χ3v) is 4.88. The minimum absolute atomic E-state index is 0.0221. The number of benzene rings is 2. The van der Waals surface area contributed by atoms with Gasteiger partial charge in [0.1, 0.15) is 26.1 Å². The molecule has 0 saturated heterocycles. The molecule has 0 bridgehead atoms. The summed E-state index contributed by atoms with van der Waals surface area (Å²) in [6.07, 6.45) is 0. The van der Waals surface area contributed by atoms with E-state index in [9.17, 15) is 25.9 Å². The molecule has 0 radical (unpaired) electrons. The molecule has 1 heterocycles. The molecule has 0 aliphatic rings. The van der Waals surface area contributed by atoms with Crippen molar-refractivity contribution in [2.75, 3.05) is 0 Å². The van der Waals surface area contributed by atoms with E-state index in [0.717, 1.165) is 18.2 Å². The minimum Gasteiger partial charge on any atom is -0.744 e. The number of rotatable bonds is 3. The lowest BCUT2D eigenvalue weighted by molar-refractivity contribution is 0.458. The Hall–Kier alpha value is -2.27. The van der Waals surface area contributed by atoms with Crippen LogP contribution < -0.4 is 0 Å². The Morgan fingerprint density at radius 1 is 0.913 bits per heavy atom.